The fourth-order valence-corrected chi connectivity index (χ4v) is 4.99. The van der Waals surface area contributed by atoms with Crippen LogP contribution in [0.15, 0.2) is 82.8 Å². The Morgan fingerprint density at radius 2 is 1.15 bits per heavy atom. The van der Waals surface area contributed by atoms with Gasteiger partial charge in [-0.25, -0.2) is 46.0 Å². The summed E-state index contributed by atoms with van der Waals surface area (Å²) < 4.78 is 59.8. The Bertz CT molecular complexity index is 1700. The molecule has 14 nitrogen and oxygen atoms in total. The fourth-order valence-electron chi connectivity index (χ4n) is 3.09. The van der Waals surface area contributed by atoms with E-state index in [0.29, 0.717) is 17.1 Å². The van der Waals surface area contributed by atoms with E-state index in [1.165, 1.54) is 74.1 Å². The number of sulfonamides is 2. The molecule has 16 heteroatoms. The first kappa shape index (κ1) is 27.2. The van der Waals surface area contributed by atoms with Crippen molar-refractivity contribution in [3.05, 3.63) is 78.8 Å². The summed E-state index contributed by atoms with van der Waals surface area (Å²) in [6, 6.07) is 13.3. The zero-order chi connectivity index (χ0) is 28.0. The second-order valence-electron chi connectivity index (χ2n) is 7.78. The van der Waals surface area contributed by atoms with Crippen LogP contribution in [0.25, 0.3) is 0 Å². The molecule has 0 bridgehead atoms. The summed E-state index contributed by atoms with van der Waals surface area (Å²) in [4.78, 5) is 27.9. The number of amides is 2. The van der Waals surface area contributed by atoms with Crippen molar-refractivity contribution in [2.75, 3.05) is 27.2 Å². The molecular formula is C23H22N8O6S2. The number of anilines is 4. The highest BCUT2D eigenvalue weighted by atomic mass is 32.2. The number of benzene rings is 2. The molecule has 4 aromatic rings. The lowest BCUT2D eigenvalue weighted by molar-refractivity contribution is 0.262. The largest absolute Gasteiger partial charge is 0.481 e. The minimum atomic E-state index is -3.99. The molecule has 2 heterocycles. The molecule has 202 valence electrons. The van der Waals surface area contributed by atoms with Crippen molar-refractivity contribution in [2.45, 2.75) is 16.7 Å². The third-order valence-corrected chi connectivity index (χ3v) is 7.62. The molecule has 0 unspecified atom stereocenters. The highest BCUT2D eigenvalue weighted by Crippen LogP contribution is 2.19. The number of nitrogens with one attached hydrogen (secondary N) is 4. The average molecular weight is 571 g/mol. The Labute approximate surface area is 224 Å². The first-order valence-corrected chi connectivity index (χ1v) is 14.0. The summed E-state index contributed by atoms with van der Waals surface area (Å²) in [7, 11) is -6.53. The van der Waals surface area contributed by atoms with Gasteiger partial charge in [-0.15, -0.1) is 0 Å². The number of rotatable bonds is 9. The van der Waals surface area contributed by atoms with Gasteiger partial charge in [0, 0.05) is 35.5 Å². The predicted molar refractivity (Wildman–Crippen MR) is 142 cm³/mol. The molecule has 0 spiro atoms. The van der Waals surface area contributed by atoms with Gasteiger partial charge >= 0.3 is 6.03 Å². The SMILES string of the molecule is COc1ccnc(NS(=O)(=O)c2ccc(NC(=O)Nc3ccc(S(=O)(=O)Nc4nccc(C)n4)cc3)cc2)n1. The van der Waals surface area contributed by atoms with Gasteiger partial charge < -0.3 is 15.4 Å². The van der Waals surface area contributed by atoms with E-state index in [9.17, 15) is 21.6 Å². The van der Waals surface area contributed by atoms with Crippen molar-refractivity contribution < 1.29 is 26.4 Å². The van der Waals surface area contributed by atoms with Crippen molar-refractivity contribution in [1.82, 2.24) is 19.9 Å². The van der Waals surface area contributed by atoms with Gasteiger partial charge in [-0.05, 0) is 61.5 Å². The van der Waals surface area contributed by atoms with Crippen LogP contribution in [0.1, 0.15) is 5.69 Å². The highest BCUT2D eigenvalue weighted by molar-refractivity contribution is 7.93. The van der Waals surface area contributed by atoms with Crippen LogP contribution in [0.3, 0.4) is 0 Å². The van der Waals surface area contributed by atoms with Crippen LogP contribution < -0.4 is 24.8 Å². The number of carbonyl (C=O) groups excluding carboxylic acids is 1. The third-order valence-electron chi connectivity index (χ3n) is 4.93. The topological polar surface area (TPSA) is 194 Å². The second-order valence-corrected chi connectivity index (χ2v) is 11.1. The van der Waals surface area contributed by atoms with Crippen molar-refractivity contribution in [2.24, 2.45) is 0 Å². The summed E-state index contributed by atoms with van der Waals surface area (Å²) in [5.41, 5.74) is 1.23. The lowest BCUT2D eigenvalue weighted by Crippen LogP contribution is -2.20. The molecule has 0 fully saturated rings. The Balaban J connectivity index is 1.35. The summed E-state index contributed by atoms with van der Waals surface area (Å²) in [5.74, 6) is -0.0214. The molecule has 0 aliphatic rings. The van der Waals surface area contributed by atoms with Gasteiger partial charge in [0.1, 0.15) is 0 Å². The molecule has 4 N–H and O–H groups in total. The quantitative estimate of drug-likeness (QED) is 0.232. The molecule has 0 radical (unpaired) electrons. The van der Waals surface area contributed by atoms with Crippen molar-refractivity contribution >= 4 is 49.3 Å². The number of ether oxygens (including phenoxy) is 1. The van der Waals surface area contributed by atoms with E-state index in [2.05, 4.69) is 40.0 Å². The van der Waals surface area contributed by atoms with Crippen LogP contribution >= 0.6 is 0 Å². The lowest BCUT2D eigenvalue weighted by Gasteiger charge is -2.11. The monoisotopic (exact) mass is 570 g/mol. The molecule has 2 aromatic heterocycles. The van der Waals surface area contributed by atoms with E-state index < -0.39 is 26.1 Å². The van der Waals surface area contributed by atoms with Crippen LogP contribution in [0.2, 0.25) is 0 Å². The maximum absolute atomic E-state index is 12.6. The molecule has 39 heavy (non-hydrogen) atoms. The molecule has 0 aliphatic carbocycles. The van der Waals surface area contributed by atoms with Gasteiger partial charge in [-0.3, -0.25) is 0 Å². The molecular weight excluding hydrogens is 548 g/mol. The van der Waals surface area contributed by atoms with Crippen LogP contribution in [0.5, 0.6) is 5.88 Å². The summed E-state index contributed by atoms with van der Waals surface area (Å²) in [6.07, 6.45) is 2.78. The zero-order valence-corrected chi connectivity index (χ0v) is 22.1. The number of nitrogens with zero attached hydrogens (tertiary/aromatic N) is 4. The summed E-state index contributed by atoms with van der Waals surface area (Å²) in [6.45, 7) is 1.71. The average Bonchev–Trinajstić information content (AvgIpc) is 2.89. The smallest absolute Gasteiger partial charge is 0.323 e. The van der Waals surface area contributed by atoms with Crippen LogP contribution in [0, 0.1) is 6.92 Å². The Hall–Kier alpha value is -4.83. The molecule has 0 aliphatic heterocycles. The molecule has 0 atom stereocenters. The van der Waals surface area contributed by atoms with E-state index in [4.69, 9.17) is 4.74 Å². The van der Waals surface area contributed by atoms with Crippen molar-refractivity contribution in [1.29, 1.82) is 0 Å². The number of hydrogen-bond donors (Lipinski definition) is 4. The standard InChI is InChI=1S/C23H22N8O6S2/c1-15-11-13-24-21(26-15)30-38(33,34)18-7-3-16(4-8-18)27-23(32)28-17-5-9-19(10-6-17)39(35,36)31-22-25-14-12-20(29-22)37-2/h3-14H,1-2H3,(H,24,26,30)(H,25,29,31)(H2,27,28,32). The molecule has 0 saturated carbocycles. The second kappa shape index (κ2) is 11.3. The van der Waals surface area contributed by atoms with Crippen LogP contribution in [-0.2, 0) is 20.0 Å². The third kappa shape index (κ3) is 7.14. The number of aromatic nitrogens is 4. The summed E-state index contributed by atoms with van der Waals surface area (Å²) >= 11 is 0. The molecule has 0 saturated heterocycles. The van der Waals surface area contributed by atoms with Gasteiger partial charge in [0.2, 0.25) is 17.8 Å². The van der Waals surface area contributed by atoms with E-state index in [-0.39, 0.29) is 27.6 Å². The van der Waals surface area contributed by atoms with E-state index >= 15 is 0 Å². The Morgan fingerprint density at radius 1 is 0.692 bits per heavy atom. The maximum atomic E-state index is 12.6. The fraction of sp³-hybridized carbons (Fsp3) is 0.0870. The zero-order valence-electron chi connectivity index (χ0n) is 20.5. The number of carbonyl (C=O) groups is 1. The summed E-state index contributed by atoms with van der Waals surface area (Å²) in [5, 5.41) is 5.13. The lowest BCUT2D eigenvalue weighted by atomic mass is 10.3. The van der Waals surface area contributed by atoms with Crippen molar-refractivity contribution in [3.63, 3.8) is 0 Å². The van der Waals surface area contributed by atoms with Gasteiger partial charge in [0.25, 0.3) is 20.0 Å². The normalized spacial score (nSPS) is 11.3. The first-order valence-electron chi connectivity index (χ1n) is 11.0. The van der Waals surface area contributed by atoms with Gasteiger partial charge in [0.15, 0.2) is 0 Å². The molecule has 2 aromatic carbocycles. The van der Waals surface area contributed by atoms with E-state index in [0.717, 1.165) is 0 Å². The van der Waals surface area contributed by atoms with Crippen LogP contribution in [0.4, 0.5) is 28.1 Å². The van der Waals surface area contributed by atoms with Gasteiger partial charge in [-0.1, -0.05) is 0 Å². The molecule has 2 amide bonds. The van der Waals surface area contributed by atoms with E-state index in [1.54, 1.807) is 13.0 Å². The van der Waals surface area contributed by atoms with E-state index in [1.807, 2.05) is 0 Å². The predicted octanol–water partition coefficient (Wildman–Crippen LogP) is 2.83. The number of hydrogen-bond acceptors (Lipinski definition) is 10. The highest BCUT2D eigenvalue weighted by Gasteiger charge is 2.17. The van der Waals surface area contributed by atoms with Gasteiger partial charge in [0.05, 0.1) is 16.9 Å². The minimum Gasteiger partial charge on any atom is -0.481 e. The number of methoxy groups -OCH3 is 1. The first-order chi connectivity index (χ1) is 18.5. The number of urea groups is 1. The Morgan fingerprint density at radius 3 is 1.62 bits per heavy atom. The van der Waals surface area contributed by atoms with Crippen LogP contribution in [-0.4, -0.2) is 49.9 Å². The number of aryl methyl sites for hydroxylation is 1. The van der Waals surface area contributed by atoms with Crippen molar-refractivity contribution in [3.8, 4) is 5.88 Å². The minimum absolute atomic E-state index is 0.0525. The maximum Gasteiger partial charge on any atom is 0.323 e. The van der Waals surface area contributed by atoms with Gasteiger partial charge in [-0.2, -0.15) is 4.98 Å². The Kier molecular flexibility index (Phi) is 7.87. The molecule has 4 rings (SSSR count).